The fourth-order valence-electron chi connectivity index (χ4n) is 9.86. The van der Waals surface area contributed by atoms with Crippen LogP contribution in [0.15, 0.2) is 48.6 Å². The Balaban J connectivity index is 2.03. The van der Waals surface area contributed by atoms with E-state index < -0.39 is 49.5 Å². The van der Waals surface area contributed by atoms with E-state index in [1.165, 1.54) is 199 Å². The third-order valence-corrected chi connectivity index (χ3v) is 14.7. The minimum Gasteiger partial charge on any atom is -0.394 e. The Hall–Kier alpha value is -1.85. The van der Waals surface area contributed by atoms with E-state index in [1.807, 2.05) is 0 Å². The smallest absolute Gasteiger partial charge is 0.220 e. The second-order valence-corrected chi connectivity index (χ2v) is 21.5. The number of allylic oxidation sites excluding steroid dienone is 8. The second-order valence-electron chi connectivity index (χ2n) is 21.5. The van der Waals surface area contributed by atoms with Crippen LogP contribution < -0.4 is 5.32 Å². The molecule has 0 bridgehead atoms. The number of nitrogens with one attached hydrogen (secondary N) is 1. The van der Waals surface area contributed by atoms with Crippen molar-refractivity contribution in [3.8, 4) is 0 Å². The average Bonchev–Trinajstić information content (AvgIpc) is 3.38. The zero-order valence-corrected chi connectivity index (χ0v) is 46.9. The summed E-state index contributed by atoms with van der Waals surface area (Å²) in [7, 11) is 0. The number of aliphatic hydroxyl groups excluding tert-OH is 5. The molecule has 6 N–H and O–H groups in total. The van der Waals surface area contributed by atoms with Crippen LogP contribution in [0.1, 0.15) is 290 Å². The fourth-order valence-corrected chi connectivity index (χ4v) is 9.86. The fraction of sp³-hybridized carbons (Fsp3) is 0.857. The predicted molar refractivity (Wildman–Crippen MR) is 304 cm³/mol. The van der Waals surface area contributed by atoms with E-state index in [0.29, 0.717) is 12.8 Å². The number of carbonyl (C=O) groups excluding carboxylic acids is 1. The molecule has 1 aliphatic rings. The van der Waals surface area contributed by atoms with Crippen molar-refractivity contribution in [3.63, 3.8) is 0 Å². The molecule has 1 fully saturated rings. The van der Waals surface area contributed by atoms with Gasteiger partial charge in [-0.25, -0.2) is 0 Å². The molecule has 0 aromatic rings. The van der Waals surface area contributed by atoms with E-state index in [4.69, 9.17) is 9.47 Å². The van der Waals surface area contributed by atoms with Crippen LogP contribution in [0.5, 0.6) is 0 Å². The summed E-state index contributed by atoms with van der Waals surface area (Å²) in [5.74, 6) is -0.140. The van der Waals surface area contributed by atoms with Gasteiger partial charge in [-0.1, -0.05) is 281 Å². The summed E-state index contributed by atoms with van der Waals surface area (Å²) < 4.78 is 11.3. The van der Waals surface area contributed by atoms with Gasteiger partial charge in [0.25, 0.3) is 0 Å². The maximum absolute atomic E-state index is 13.1. The highest BCUT2D eigenvalue weighted by atomic mass is 16.7. The summed E-state index contributed by atoms with van der Waals surface area (Å²) in [4.78, 5) is 13.1. The SMILES string of the molecule is CC/C=C\C/C=C\C/C=C\C/C=C\CCCCCCCCCCCCCCCCCCCCCCCCCCC(=O)NC(COC1OC(CO)C(O)C(O)C1O)C(O)CCCCCCCCCCCCCC. The number of ether oxygens (including phenoxy) is 2. The Bertz CT molecular complexity index is 1270. The standard InChI is InChI=1S/C63H117NO8/c1-3-5-7-9-11-13-15-17-18-19-20-21-22-23-24-25-26-27-28-29-30-31-32-33-34-35-36-37-38-39-40-41-43-45-47-49-51-53-59(67)64-56(55-71-63-62(70)61(69)60(68)58(54-65)72-63)57(66)52-50-48-46-44-42-16-14-12-10-8-6-4-2/h5,7,11,13,17-18,20-21,56-58,60-63,65-66,68-70H,3-4,6,8-10,12,14-16,19,22-55H2,1-2H3,(H,64,67)/b7-5-,13-11-,18-17-,21-20-. The van der Waals surface area contributed by atoms with Crippen LogP contribution in [0.2, 0.25) is 0 Å². The molecular formula is C63H117NO8. The van der Waals surface area contributed by atoms with Crippen molar-refractivity contribution in [1.29, 1.82) is 0 Å². The molecule has 1 rings (SSSR count). The Morgan fingerprint density at radius 3 is 1.28 bits per heavy atom. The van der Waals surface area contributed by atoms with Gasteiger partial charge in [-0.2, -0.15) is 0 Å². The number of carbonyl (C=O) groups is 1. The second kappa shape index (κ2) is 52.6. The highest BCUT2D eigenvalue weighted by molar-refractivity contribution is 5.76. The lowest BCUT2D eigenvalue weighted by atomic mass is 9.99. The molecule has 1 heterocycles. The van der Waals surface area contributed by atoms with Crippen LogP contribution in [-0.4, -0.2) is 87.5 Å². The van der Waals surface area contributed by atoms with Gasteiger partial charge in [0.1, 0.15) is 24.4 Å². The molecule has 1 saturated heterocycles. The summed E-state index contributed by atoms with van der Waals surface area (Å²) in [5, 5.41) is 54.6. The maximum Gasteiger partial charge on any atom is 0.220 e. The van der Waals surface area contributed by atoms with Crippen molar-refractivity contribution in [3.05, 3.63) is 48.6 Å². The van der Waals surface area contributed by atoms with Gasteiger partial charge in [-0.15, -0.1) is 0 Å². The van der Waals surface area contributed by atoms with Gasteiger partial charge in [0.15, 0.2) is 6.29 Å². The van der Waals surface area contributed by atoms with Crippen LogP contribution in [0.4, 0.5) is 0 Å². The Labute approximate surface area is 444 Å². The van der Waals surface area contributed by atoms with Crippen molar-refractivity contribution in [2.45, 2.75) is 333 Å². The molecule has 0 aromatic heterocycles. The highest BCUT2D eigenvalue weighted by Gasteiger charge is 2.44. The summed E-state index contributed by atoms with van der Waals surface area (Å²) in [5.41, 5.74) is 0. The van der Waals surface area contributed by atoms with Gasteiger partial charge < -0.3 is 40.3 Å². The normalized spacial score (nSPS) is 19.5. The Kier molecular flexibility index (Phi) is 49.8. The topological polar surface area (TPSA) is 149 Å². The van der Waals surface area contributed by atoms with Crippen molar-refractivity contribution >= 4 is 5.91 Å². The first-order chi connectivity index (χ1) is 35.3. The number of amides is 1. The van der Waals surface area contributed by atoms with Crippen molar-refractivity contribution in [2.75, 3.05) is 13.2 Å². The number of aliphatic hydroxyl groups is 5. The van der Waals surface area contributed by atoms with E-state index in [1.54, 1.807) is 0 Å². The van der Waals surface area contributed by atoms with Gasteiger partial charge >= 0.3 is 0 Å². The molecule has 9 heteroatoms. The largest absolute Gasteiger partial charge is 0.394 e. The van der Waals surface area contributed by atoms with Crippen molar-refractivity contribution in [2.24, 2.45) is 0 Å². The molecule has 0 spiro atoms. The quantitative estimate of drug-likeness (QED) is 0.0261. The lowest BCUT2D eigenvalue weighted by Crippen LogP contribution is -2.60. The summed E-state index contributed by atoms with van der Waals surface area (Å²) >= 11 is 0. The first kappa shape index (κ1) is 68.2. The minimum absolute atomic E-state index is 0.135. The number of hydrogen-bond acceptors (Lipinski definition) is 8. The van der Waals surface area contributed by atoms with Crippen LogP contribution in [0.25, 0.3) is 0 Å². The van der Waals surface area contributed by atoms with Crippen molar-refractivity contribution in [1.82, 2.24) is 5.32 Å². The molecule has 0 aliphatic carbocycles. The first-order valence-electron chi connectivity index (χ1n) is 30.8. The highest BCUT2D eigenvalue weighted by Crippen LogP contribution is 2.23. The van der Waals surface area contributed by atoms with E-state index >= 15 is 0 Å². The van der Waals surface area contributed by atoms with Crippen molar-refractivity contribution < 1.29 is 39.8 Å². The van der Waals surface area contributed by atoms with E-state index in [9.17, 15) is 30.3 Å². The summed E-state index contributed by atoms with van der Waals surface area (Å²) in [6, 6.07) is -0.716. The molecule has 1 amide bonds. The lowest BCUT2D eigenvalue weighted by Gasteiger charge is -2.40. The molecular weight excluding hydrogens is 899 g/mol. The molecule has 0 saturated carbocycles. The number of unbranched alkanes of at least 4 members (excludes halogenated alkanes) is 35. The first-order valence-corrected chi connectivity index (χ1v) is 30.8. The van der Waals surface area contributed by atoms with E-state index in [2.05, 4.69) is 67.8 Å². The van der Waals surface area contributed by atoms with E-state index in [0.717, 1.165) is 64.2 Å². The summed E-state index contributed by atoms with van der Waals surface area (Å²) in [6.45, 7) is 3.74. The zero-order valence-electron chi connectivity index (χ0n) is 46.9. The third-order valence-electron chi connectivity index (χ3n) is 14.7. The number of hydrogen-bond donors (Lipinski definition) is 6. The zero-order chi connectivity index (χ0) is 52.2. The van der Waals surface area contributed by atoms with Crippen LogP contribution in [0.3, 0.4) is 0 Å². The van der Waals surface area contributed by atoms with E-state index in [-0.39, 0.29) is 12.5 Å². The molecule has 0 radical (unpaired) electrons. The molecule has 422 valence electrons. The Morgan fingerprint density at radius 1 is 0.486 bits per heavy atom. The molecule has 9 nitrogen and oxygen atoms in total. The predicted octanol–water partition coefficient (Wildman–Crippen LogP) is 15.7. The van der Waals surface area contributed by atoms with Gasteiger partial charge in [0.05, 0.1) is 25.4 Å². The lowest BCUT2D eigenvalue weighted by molar-refractivity contribution is -0.302. The molecule has 72 heavy (non-hydrogen) atoms. The van der Waals surface area contributed by atoms with Gasteiger partial charge in [0.2, 0.25) is 5.91 Å². The third kappa shape index (κ3) is 41.4. The molecule has 1 aliphatic heterocycles. The monoisotopic (exact) mass is 1020 g/mol. The maximum atomic E-state index is 13.1. The molecule has 7 unspecified atom stereocenters. The number of rotatable bonds is 53. The van der Waals surface area contributed by atoms with Crippen LogP contribution >= 0.6 is 0 Å². The van der Waals surface area contributed by atoms with Gasteiger partial charge in [-0.3, -0.25) is 4.79 Å². The Morgan fingerprint density at radius 2 is 0.861 bits per heavy atom. The molecule has 7 atom stereocenters. The van der Waals surface area contributed by atoms with Crippen LogP contribution in [-0.2, 0) is 14.3 Å². The van der Waals surface area contributed by atoms with Gasteiger partial charge in [0, 0.05) is 6.42 Å². The average molecular weight is 1020 g/mol. The van der Waals surface area contributed by atoms with Gasteiger partial charge in [-0.05, 0) is 51.4 Å². The van der Waals surface area contributed by atoms with Crippen LogP contribution in [0, 0.1) is 0 Å². The minimum atomic E-state index is -1.55. The molecule has 0 aromatic carbocycles. The summed E-state index contributed by atoms with van der Waals surface area (Å²) in [6.07, 6.45) is 63.2.